The second-order valence-corrected chi connectivity index (χ2v) is 5.91. The van der Waals surface area contributed by atoms with E-state index in [9.17, 15) is 0 Å². The minimum absolute atomic E-state index is 0.0455. The van der Waals surface area contributed by atoms with E-state index in [2.05, 4.69) is 29.3 Å². The summed E-state index contributed by atoms with van der Waals surface area (Å²) in [5.41, 5.74) is 0. The van der Waals surface area contributed by atoms with Crippen LogP contribution in [0.5, 0.6) is 0 Å². The molecule has 2 rings (SSSR count). The fourth-order valence-corrected chi connectivity index (χ4v) is 3.25. The van der Waals surface area contributed by atoms with E-state index in [-0.39, 0.29) is 6.10 Å². The van der Waals surface area contributed by atoms with Crippen molar-refractivity contribution in [3.63, 3.8) is 0 Å². The van der Waals surface area contributed by atoms with Gasteiger partial charge in [-0.2, -0.15) is 4.98 Å². The summed E-state index contributed by atoms with van der Waals surface area (Å²) in [7, 11) is 1.71. The van der Waals surface area contributed by atoms with E-state index in [4.69, 9.17) is 9.26 Å². The SMILES string of the molecule is CCCC(OC)c1noc(C2CCCCCC2NCC)n1. The van der Waals surface area contributed by atoms with Crippen LogP contribution in [0.15, 0.2) is 4.52 Å². The molecule has 0 bridgehead atoms. The molecule has 0 aliphatic heterocycles. The number of likely N-dealkylation sites (N-methyl/N-ethyl adjacent to an activating group) is 1. The quantitative estimate of drug-likeness (QED) is 0.779. The van der Waals surface area contributed by atoms with Crippen LogP contribution in [0, 0.1) is 0 Å². The number of rotatable bonds is 7. The van der Waals surface area contributed by atoms with Gasteiger partial charge in [0.25, 0.3) is 0 Å². The maximum atomic E-state index is 5.58. The Morgan fingerprint density at radius 1 is 1.29 bits per heavy atom. The fraction of sp³-hybridized carbons (Fsp3) is 0.875. The van der Waals surface area contributed by atoms with Crippen LogP contribution in [-0.2, 0) is 4.74 Å². The third-order valence-electron chi connectivity index (χ3n) is 4.38. The van der Waals surface area contributed by atoms with Gasteiger partial charge in [0.15, 0.2) is 0 Å². The van der Waals surface area contributed by atoms with Gasteiger partial charge in [0, 0.05) is 13.2 Å². The monoisotopic (exact) mass is 295 g/mol. The molecule has 3 atom stereocenters. The molecule has 0 amide bonds. The van der Waals surface area contributed by atoms with Crippen LogP contribution in [0.2, 0.25) is 0 Å². The Kier molecular flexibility index (Phi) is 6.64. The van der Waals surface area contributed by atoms with Gasteiger partial charge in [-0.15, -0.1) is 0 Å². The Morgan fingerprint density at radius 3 is 2.81 bits per heavy atom. The Labute approximate surface area is 127 Å². The third-order valence-corrected chi connectivity index (χ3v) is 4.38. The number of ether oxygens (including phenoxy) is 1. The smallest absolute Gasteiger partial charge is 0.231 e. The summed E-state index contributed by atoms with van der Waals surface area (Å²) in [6.07, 6.45) is 8.08. The molecule has 3 unspecified atom stereocenters. The van der Waals surface area contributed by atoms with Crippen molar-refractivity contribution in [2.75, 3.05) is 13.7 Å². The van der Waals surface area contributed by atoms with Crippen LogP contribution >= 0.6 is 0 Å². The van der Waals surface area contributed by atoms with Gasteiger partial charge in [-0.05, 0) is 25.8 Å². The topological polar surface area (TPSA) is 60.2 Å². The zero-order valence-electron chi connectivity index (χ0n) is 13.6. The average Bonchev–Trinajstić information content (AvgIpc) is 2.86. The lowest BCUT2D eigenvalue weighted by molar-refractivity contribution is 0.0854. The molecule has 0 aromatic carbocycles. The lowest BCUT2D eigenvalue weighted by Gasteiger charge is -2.22. The molecule has 0 spiro atoms. The summed E-state index contributed by atoms with van der Waals surface area (Å²) in [5.74, 6) is 1.83. The predicted molar refractivity (Wildman–Crippen MR) is 82.2 cm³/mol. The van der Waals surface area contributed by atoms with E-state index in [0.29, 0.717) is 17.8 Å². The predicted octanol–water partition coefficient (Wildman–Crippen LogP) is 3.58. The van der Waals surface area contributed by atoms with Crippen LogP contribution in [0.4, 0.5) is 0 Å². The first-order valence-electron chi connectivity index (χ1n) is 8.39. The number of nitrogens with one attached hydrogen (secondary N) is 1. The maximum absolute atomic E-state index is 5.58. The largest absolute Gasteiger partial charge is 0.373 e. The minimum Gasteiger partial charge on any atom is -0.373 e. The molecule has 1 fully saturated rings. The number of aromatic nitrogens is 2. The summed E-state index contributed by atoms with van der Waals surface area (Å²) in [6.45, 7) is 5.28. The highest BCUT2D eigenvalue weighted by Crippen LogP contribution is 2.32. The lowest BCUT2D eigenvalue weighted by atomic mass is 9.94. The first-order valence-corrected chi connectivity index (χ1v) is 8.39. The first-order chi connectivity index (χ1) is 10.3. The van der Waals surface area contributed by atoms with Crippen LogP contribution in [-0.4, -0.2) is 29.8 Å². The van der Waals surface area contributed by atoms with Crippen molar-refractivity contribution in [3.05, 3.63) is 11.7 Å². The molecule has 0 saturated heterocycles. The van der Waals surface area contributed by atoms with Gasteiger partial charge in [-0.1, -0.05) is 44.7 Å². The van der Waals surface area contributed by atoms with E-state index in [1.165, 1.54) is 25.7 Å². The van der Waals surface area contributed by atoms with Crippen LogP contribution in [0.25, 0.3) is 0 Å². The first kappa shape index (κ1) is 16.4. The number of hydrogen-bond acceptors (Lipinski definition) is 5. The zero-order chi connectivity index (χ0) is 15.1. The molecule has 5 heteroatoms. The molecule has 1 N–H and O–H groups in total. The molecular formula is C16H29N3O2. The van der Waals surface area contributed by atoms with Gasteiger partial charge in [-0.25, -0.2) is 0 Å². The van der Waals surface area contributed by atoms with E-state index < -0.39 is 0 Å². The van der Waals surface area contributed by atoms with E-state index in [1.807, 2.05) is 0 Å². The molecule has 1 aromatic heterocycles. The molecule has 1 aromatic rings. The Bertz CT molecular complexity index is 408. The lowest BCUT2D eigenvalue weighted by Crippen LogP contribution is -2.34. The van der Waals surface area contributed by atoms with Crippen molar-refractivity contribution in [2.24, 2.45) is 0 Å². The summed E-state index contributed by atoms with van der Waals surface area (Å²) < 4.78 is 11.1. The van der Waals surface area contributed by atoms with E-state index in [0.717, 1.165) is 31.7 Å². The van der Waals surface area contributed by atoms with E-state index in [1.54, 1.807) is 7.11 Å². The van der Waals surface area contributed by atoms with Crippen molar-refractivity contribution in [2.45, 2.75) is 76.9 Å². The molecule has 1 heterocycles. The van der Waals surface area contributed by atoms with Crippen molar-refractivity contribution >= 4 is 0 Å². The average molecular weight is 295 g/mol. The Balaban J connectivity index is 2.13. The van der Waals surface area contributed by atoms with Crippen molar-refractivity contribution in [1.29, 1.82) is 0 Å². The second-order valence-electron chi connectivity index (χ2n) is 5.91. The molecule has 1 saturated carbocycles. The molecule has 1 aliphatic rings. The van der Waals surface area contributed by atoms with Crippen LogP contribution in [0.3, 0.4) is 0 Å². The van der Waals surface area contributed by atoms with Gasteiger partial charge >= 0.3 is 0 Å². The van der Waals surface area contributed by atoms with Crippen molar-refractivity contribution in [3.8, 4) is 0 Å². The zero-order valence-corrected chi connectivity index (χ0v) is 13.6. The Morgan fingerprint density at radius 2 is 2.10 bits per heavy atom. The Hall–Kier alpha value is -0.940. The number of methoxy groups -OCH3 is 1. The molecule has 120 valence electrons. The molecule has 21 heavy (non-hydrogen) atoms. The van der Waals surface area contributed by atoms with Crippen molar-refractivity contribution < 1.29 is 9.26 Å². The highest BCUT2D eigenvalue weighted by molar-refractivity contribution is 5.02. The maximum Gasteiger partial charge on any atom is 0.231 e. The van der Waals surface area contributed by atoms with Gasteiger partial charge in [0.1, 0.15) is 6.10 Å². The van der Waals surface area contributed by atoms with E-state index >= 15 is 0 Å². The molecular weight excluding hydrogens is 266 g/mol. The number of nitrogens with zero attached hydrogens (tertiary/aromatic N) is 2. The molecule has 0 radical (unpaired) electrons. The standard InChI is InChI=1S/C16H29N3O2/c1-4-9-14(20-3)15-18-16(21-19-15)12-10-7-6-8-11-13(12)17-5-2/h12-14,17H,4-11H2,1-3H3. The summed E-state index contributed by atoms with van der Waals surface area (Å²) in [5, 5.41) is 7.76. The van der Waals surface area contributed by atoms with Crippen molar-refractivity contribution in [1.82, 2.24) is 15.5 Å². The molecule has 1 aliphatic carbocycles. The second kappa shape index (κ2) is 8.49. The van der Waals surface area contributed by atoms with Crippen LogP contribution < -0.4 is 5.32 Å². The van der Waals surface area contributed by atoms with Gasteiger partial charge in [0.2, 0.25) is 11.7 Å². The third kappa shape index (κ3) is 4.27. The van der Waals surface area contributed by atoms with Gasteiger partial charge in [-0.3, -0.25) is 0 Å². The van der Waals surface area contributed by atoms with Gasteiger partial charge < -0.3 is 14.6 Å². The molecule has 5 nitrogen and oxygen atoms in total. The minimum atomic E-state index is -0.0455. The summed E-state index contributed by atoms with van der Waals surface area (Å²) in [6, 6.07) is 0.456. The van der Waals surface area contributed by atoms with Crippen LogP contribution in [0.1, 0.15) is 82.5 Å². The normalized spacial score (nSPS) is 24.7. The highest BCUT2D eigenvalue weighted by atomic mass is 16.5. The number of hydrogen-bond donors (Lipinski definition) is 1. The fourth-order valence-electron chi connectivity index (χ4n) is 3.25. The highest BCUT2D eigenvalue weighted by Gasteiger charge is 2.30. The summed E-state index contributed by atoms with van der Waals surface area (Å²) >= 11 is 0. The van der Waals surface area contributed by atoms with Gasteiger partial charge in [0.05, 0.1) is 5.92 Å². The summed E-state index contributed by atoms with van der Waals surface area (Å²) in [4.78, 5) is 4.66.